The fourth-order valence-corrected chi connectivity index (χ4v) is 0.859. The van der Waals surface area contributed by atoms with Gasteiger partial charge < -0.3 is 0 Å². The van der Waals surface area contributed by atoms with Gasteiger partial charge in [-0.25, -0.2) is 0 Å². The predicted molar refractivity (Wildman–Crippen MR) is 47.0 cm³/mol. The smallest absolute Gasteiger partial charge is 0.0924 e. The van der Waals surface area contributed by atoms with E-state index in [4.69, 9.17) is 0 Å². The lowest BCUT2D eigenvalue weighted by atomic mass is 10.2. The second-order valence-corrected chi connectivity index (χ2v) is 2.06. The second-order valence-electron chi connectivity index (χ2n) is 2.06. The Bertz CT molecular complexity index is 277. The fraction of sp³-hybridized carbons (Fsp3) is 0.111. The van der Waals surface area contributed by atoms with E-state index in [1.54, 1.807) is 13.1 Å². The molecule has 1 aromatic rings. The van der Waals surface area contributed by atoms with Gasteiger partial charge in [0, 0.05) is 12.6 Å². The highest BCUT2D eigenvalue weighted by atomic mass is 15.1. The Kier molecular flexibility index (Phi) is 2.55. The lowest BCUT2D eigenvalue weighted by Gasteiger charge is -1.95. The van der Waals surface area contributed by atoms with Crippen molar-refractivity contribution in [2.24, 2.45) is 10.2 Å². The number of nitrogens with zero attached hydrogens (tertiary/aromatic N) is 2. The highest BCUT2D eigenvalue weighted by Gasteiger charge is 1.92. The lowest BCUT2D eigenvalue weighted by Crippen LogP contribution is -1.70. The number of hydrogen-bond donors (Lipinski definition) is 0. The molecule has 11 heavy (non-hydrogen) atoms. The maximum atomic E-state index is 3.93. The molecule has 1 rings (SSSR count). The van der Waals surface area contributed by atoms with Crippen LogP contribution in [0.5, 0.6) is 0 Å². The first-order valence-corrected chi connectivity index (χ1v) is 3.40. The Morgan fingerprint density at radius 1 is 1.36 bits per heavy atom. The van der Waals surface area contributed by atoms with E-state index in [0.29, 0.717) is 0 Å². The maximum absolute atomic E-state index is 3.93. The number of azo groups is 1. The molecule has 0 heterocycles. The molecule has 0 aliphatic carbocycles. The third-order valence-electron chi connectivity index (χ3n) is 1.36. The lowest BCUT2D eigenvalue weighted by molar-refractivity contribution is 1.17. The first-order chi connectivity index (χ1) is 5.38. The normalized spacial score (nSPS) is 10.3. The second kappa shape index (κ2) is 3.66. The van der Waals surface area contributed by atoms with Crippen molar-refractivity contribution in [2.75, 3.05) is 7.05 Å². The van der Waals surface area contributed by atoms with Gasteiger partial charge in [0.2, 0.25) is 0 Å². The van der Waals surface area contributed by atoms with Crippen molar-refractivity contribution in [3.63, 3.8) is 0 Å². The minimum Gasteiger partial charge on any atom is -0.192 e. The van der Waals surface area contributed by atoms with Crippen LogP contribution in [0.15, 0.2) is 41.1 Å². The molecule has 2 nitrogen and oxygen atoms in total. The zero-order chi connectivity index (χ0) is 8.10. The van der Waals surface area contributed by atoms with Crippen molar-refractivity contribution in [1.82, 2.24) is 0 Å². The molecule has 0 N–H and O–H groups in total. The van der Waals surface area contributed by atoms with Crippen molar-refractivity contribution in [3.8, 4) is 0 Å². The van der Waals surface area contributed by atoms with Crippen molar-refractivity contribution in [2.45, 2.75) is 0 Å². The van der Waals surface area contributed by atoms with Crippen LogP contribution in [0.1, 0.15) is 5.56 Å². The summed E-state index contributed by atoms with van der Waals surface area (Å²) in [7, 11) is 1.65. The SMILES string of the molecule is C=Cc1ccccc1/N=N\C. The van der Waals surface area contributed by atoms with Gasteiger partial charge >= 0.3 is 0 Å². The number of hydrogen-bond acceptors (Lipinski definition) is 2. The third kappa shape index (κ3) is 1.74. The molecule has 0 saturated heterocycles. The Balaban J connectivity index is 3.11. The van der Waals surface area contributed by atoms with E-state index in [2.05, 4.69) is 16.8 Å². The van der Waals surface area contributed by atoms with Gasteiger partial charge in [0.15, 0.2) is 0 Å². The molecule has 0 atom stereocenters. The summed E-state index contributed by atoms with van der Waals surface area (Å²) >= 11 is 0. The fourth-order valence-electron chi connectivity index (χ4n) is 0.859. The molecule has 0 aliphatic heterocycles. The van der Waals surface area contributed by atoms with E-state index in [0.717, 1.165) is 11.3 Å². The van der Waals surface area contributed by atoms with Crippen LogP contribution < -0.4 is 0 Å². The van der Waals surface area contributed by atoms with Crippen LogP contribution >= 0.6 is 0 Å². The monoisotopic (exact) mass is 146 g/mol. The minimum absolute atomic E-state index is 0.866. The van der Waals surface area contributed by atoms with Gasteiger partial charge in [-0.15, -0.1) is 0 Å². The van der Waals surface area contributed by atoms with Gasteiger partial charge in [0.05, 0.1) is 5.69 Å². The van der Waals surface area contributed by atoms with Gasteiger partial charge in [0.25, 0.3) is 0 Å². The summed E-state index contributed by atoms with van der Waals surface area (Å²) in [6.07, 6.45) is 1.77. The van der Waals surface area contributed by atoms with E-state index >= 15 is 0 Å². The van der Waals surface area contributed by atoms with Gasteiger partial charge in [0.1, 0.15) is 0 Å². The maximum Gasteiger partial charge on any atom is 0.0924 e. The average molecular weight is 146 g/mol. The molecule has 0 aliphatic rings. The molecular formula is C9H10N2. The van der Waals surface area contributed by atoms with Crippen LogP contribution in [-0.4, -0.2) is 7.05 Å². The highest BCUT2D eigenvalue weighted by molar-refractivity contribution is 5.61. The predicted octanol–water partition coefficient (Wildman–Crippen LogP) is 3.04. The van der Waals surface area contributed by atoms with Gasteiger partial charge in [-0.1, -0.05) is 30.9 Å². The topological polar surface area (TPSA) is 24.7 Å². The quantitative estimate of drug-likeness (QED) is 0.573. The highest BCUT2D eigenvalue weighted by Crippen LogP contribution is 2.19. The van der Waals surface area contributed by atoms with Crippen molar-refractivity contribution in [3.05, 3.63) is 36.4 Å². The van der Waals surface area contributed by atoms with E-state index in [1.807, 2.05) is 24.3 Å². The zero-order valence-corrected chi connectivity index (χ0v) is 6.49. The van der Waals surface area contributed by atoms with Gasteiger partial charge in [-0.3, -0.25) is 0 Å². The summed E-state index contributed by atoms with van der Waals surface area (Å²) in [5.41, 5.74) is 1.88. The van der Waals surface area contributed by atoms with Crippen LogP contribution in [-0.2, 0) is 0 Å². The Morgan fingerprint density at radius 2 is 2.09 bits per heavy atom. The van der Waals surface area contributed by atoms with Gasteiger partial charge in [-0.05, 0) is 6.07 Å². The molecule has 0 aromatic heterocycles. The Morgan fingerprint density at radius 3 is 2.73 bits per heavy atom. The van der Waals surface area contributed by atoms with Crippen LogP contribution in [0.25, 0.3) is 6.08 Å². The standard InChI is InChI=1S/C9H10N2/c1-3-8-6-4-5-7-9(8)11-10-2/h3-7H,1H2,2H3/b11-10-. The number of benzene rings is 1. The van der Waals surface area contributed by atoms with Crippen LogP contribution in [0, 0.1) is 0 Å². The zero-order valence-electron chi connectivity index (χ0n) is 6.49. The molecule has 56 valence electrons. The Labute approximate surface area is 66.3 Å². The summed E-state index contributed by atoms with van der Waals surface area (Å²) in [4.78, 5) is 0. The van der Waals surface area contributed by atoms with E-state index in [1.165, 1.54) is 0 Å². The summed E-state index contributed by atoms with van der Waals surface area (Å²) in [6, 6.07) is 7.74. The molecule has 0 radical (unpaired) electrons. The van der Waals surface area contributed by atoms with Crippen molar-refractivity contribution < 1.29 is 0 Å². The minimum atomic E-state index is 0.866. The first kappa shape index (κ1) is 7.66. The van der Waals surface area contributed by atoms with Gasteiger partial charge in [-0.2, -0.15) is 10.2 Å². The third-order valence-corrected chi connectivity index (χ3v) is 1.36. The van der Waals surface area contributed by atoms with Crippen LogP contribution in [0.3, 0.4) is 0 Å². The summed E-state index contributed by atoms with van der Waals surface area (Å²) in [5.74, 6) is 0. The first-order valence-electron chi connectivity index (χ1n) is 3.40. The van der Waals surface area contributed by atoms with Crippen LogP contribution in [0.4, 0.5) is 5.69 Å². The Hall–Kier alpha value is -1.44. The molecule has 0 saturated carbocycles. The van der Waals surface area contributed by atoms with E-state index < -0.39 is 0 Å². The summed E-state index contributed by atoms with van der Waals surface area (Å²) in [5, 5.41) is 7.62. The largest absolute Gasteiger partial charge is 0.192 e. The molecule has 1 aromatic carbocycles. The molecule has 2 heteroatoms. The number of rotatable bonds is 2. The van der Waals surface area contributed by atoms with E-state index in [9.17, 15) is 0 Å². The molecule has 0 unspecified atom stereocenters. The molecule has 0 bridgehead atoms. The van der Waals surface area contributed by atoms with Crippen LogP contribution in [0.2, 0.25) is 0 Å². The van der Waals surface area contributed by atoms with E-state index in [-0.39, 0.29) is 0 Å². The summed E-state index contributed by atoms with van der Waals surface area (Å²) < 4.78 is 0. The average Bonchev–Trinajstić information content (AvgIpc) is 2.06. The van der Waals surface area contributed by atoms with Crippen molar-refractivity contribution in [1.29, 1.82) is 0 Å². The summed E-state index contributed by atoms with van der Waals surface area (Å²) in [6.45, 7) is 3.67. The van der Waals surface area contributed by atoms with Crippen molar-refractivity contribution >= 4 is 11.8 Å². The molecule has 0 fully saturated rings. The molecule has 0 spiro atoms. The molecular weight excluding hydrogens is 136 g/mol. The molecule has 0 amide bonds.